The van der Waals surface area contributed by atoms with E-state index in [0.717, 1.165) is 18.2 Å². The maximum Gasteiger partial charge on any atom is 0.294 e. The van der Waals surface area contributed by atoms with Gasteiger partial charge in [0.1, 0.15) is 17.7 Å². The van der Waals surface area contributed by atoms with Crippen LogP contribution in [-0.4, -0.2) is 72.5 Å². The number of likely N-dealkylation sites (tertiary alicyclic amines) is 1. The Bertz CT molecular complexity index is 761. The van der Waals surface area contributed by atoms with Crippen molar-refractivity contribution in [2.45, 2.75) is 50.0 Å². The molecule has 154 valence electrons. The van der Waals surface area contributed by atoms with Gasteiger partial charge in [-0.05, 0) is 31.5 Å². The molecule has 0 amide bonds. The molecule has 0 saturated carbocycles. The zero-order valence-electron chi connectivity index (χ0n) is 15.6. The summed E-state index contributed by atoms with van der Waals surface area (Å²) in [5.41, 5.74) is 6.37. The first-order valence-electron chi connectivity index (χ1n) is 9.57. The average molecular weight is 400 g/mol. The van der Waals surface area contributed by atoms with E-state index in [-0.39, 0.29) is 29.5 Å². The fourth-order valence-electron chi connectivity index (χ4n) is 4.67. The Morgan fingerprint density at radius 1 is 1.29 bits per heavy atom. The molecule has 3 heterocycles. The van der Waals surface area contributed by atoms with E-state index < -0.39 is 30.2 Å². The monoisotopic (exact) mass is 400 g/mol. The maximum absolute atomic E-state index is 14.1. The molecule has 2 saturated heterocycles. The number of ether oxygens (including phenoxy) is 1. The smallest absolute Gasteiger partial charge is 0.294 e. The lowest BCUT2D eigenvalue weighted by molar-refractivity contribution is -0.0480. The lowest BCUT2D eigenvalue weighted by atomic mass is 9.93. The molecule has 2 N–H and O–H groups in total. The zero-order valence-corrected chi connectivity index (χ0v) is 15.6. The normalized spacial score (nSPS) is 33.5. The summed E-state index contributed by atoms with van der Waals surface area (Å²) in [5, 5.41) is 0. The Labute approximate surface area is 161 Å². The molecule has 2 fully saturated rings. The third kappa shape index (κ3) is 3.40. The van der Waals surface area contributed by atoms with Gasteiger partial charge in [-0.3, -0.25) is 9.89 Å². The predicted molar refractivity (Wildman–Crippen MR) is 96.4 cm³/mol. The van der Waals surface area contributed by atoms with Crippen molar-refractivity contribution in [1.29, 1.82) is 0 Å². The fraction of sp³-hybridized carbons (Fsp3) is 0.632. The molecule has 3 aliphatic heterocycles. The van der Waals surface area contributed by atoms with E-state index in [9.17, 15) is 17.6 Å². The third-order valence-corrected chi connectivity index (χ3v) is 6.00. The van der Waals surface area contributed by atoms with Crippen LogP contribution in [0.3, 0.4) is 0 Å². The van der Waals surface area contributed by atoms with Gasteiger partial charge >= 0.3 is 0 Å². The molecule has 5 atom stereocenters. The molecule has 5 nitrogen and oxygen atoms in total. The predicted octanol–water partition coefficient (Wildman–Crippen LogP) is 2.17. The van der Waals surface area contributed by atoms with E-state index in [1.54, 1.807) is 4.90 Å². The molecule has 0 aromatic heterocycles. The number of nitrogens with zero attached hydrogens (tertiary/aromatic N) is 3. The summed E-state index contributed by atoms with van der Waals surface area (Å²) in [6.07, 6.45) is -2.71. The second-order valence-corrected chi connectivity index (χ2v) is 7.64. The topological polar surface area (TPSA) is 54.1 Å². The summed E-state index contributed by atoms with van der Waals surface area (Å²) in [6, 6.07) is 2.52. The largest absolute Gasteiger partial charge is 0.370 e. The summed E-state index contributed by atoms with van der Waals surface area (Å²) in [7, 11) is 0. The second kappa shape index (κ2) is 7.61. The van der Waals surface area contributed by atoms with Crippen LogP contribution in [0, 0.1) is 11.6 Å². The first-order chi connectivity index (χ1) is 13.4. The minimum absolute atomic E-state index is 0.00243. The molecule has 0 spiro atoms. The number of amidine groups is 1. The number of fused-ring (bicyclic) bond motifs is 1. The molecule has 1 aromatic carbocycles. The zero-order chi connectivity index (χ0) is 20.0. The van der Waals surface area contributed by atoms with Gasteiger partial charge in [0.05, 0.1) is 18.7 Å². The van der Waals surface area contributed by atoms with Crippen LogP contribution in [0.2, 0.25) is 0 Å². The molecule has 9 heteroatoms. The minimum Gasteiger partial charge on any atom is -0.370 e. The molecule has 1 aromatic rings. The highest BCUT2D eigenvalue weighted by atomic mass is 19.3. The summed E-state index contributed by atoms with van der Waals surface area (Å²) < 4.78 is 59.7. The molecule has 28 heavy (non-hydrogen) atoms. The summed E-state index contributed by atoms with van der Waals surface area (Å²) >= 11 is 0. The summed E-state index contributed by atoms with van der Waals surface area (Å²) in [4.78, 5) is 8.09. The van der Waals surface area contributed by atoms with Crippen molar-refractivity contribution < 1.29 is 22.3 Å². The minimum atomic E-state index is -2.56. The van der Waals surface area contributed by atoms with E-state index in [1.807, 2.05) is 6.92 Å². The van der Waals surface area contributed by atoms with Gasteiger partial charge in [-0.1, -0.05) is 0 Å². The molecule has 0 aliphatic carbocycles. The van der Waals surface area contributed by atoms with Crippen molar-refractivity contribution in [3.8, 4) is 0 Å². The van der Waals surface area contributed by atoms with Crippen LogP contribution in [0.1, 0.15) is 25.0 Å². The molecule has 0 radical (unpaired) electrons. The Morgan fingerprint density at radius 3 is 2.75 bits per heavy atom. The molecule has 4 rings (SSSR count). The van der Waals surface area contributed by atoms with Gasteiger partial charge in [0.15, 0.2) is 5.84 Å². The molecule has 3 aliphatic rings. The Hall–Kier alpha value is -1.71. The van der Waals surface area contributed by atoms with Crippen LogP contribution in [0.25, 0.3) is 0 Å². The van der Waals surface area contributed by atoms with Crippen LogP contribution in [0.4, 0.5) is 17.6 Å². The van der Waals surface area contributed by atoms with Crippen LogP contribution in [0.5, 0.6) is 0 Å². The number of benzene rings is 1. The van der Waals surface area contributed by atoms with Crippen molar-refractivity contribution in [3.05, 3.63) is 35.4 Å². The van der Waals surface area contributed by atoms with E-state index in [0.29, 0.717) is 32.7 Å². The van der Waals surface area contributed by atoms with Crippen molar-refractivity contribution in [2.75, 3.05) is 26.2 Å². The Balaban J connectivity index is 1.43. The summed E-state index contributed by atoms with van der Waals surface area (Å²) in [5.74, 6) is -1.19. The van der Waals surface area contributed by atoms with E-state index >= 15 is 0 Å². The van der Waals surface area contributed by atoms with Crippen LogP contribution >= 0.6 is 0 Å². The molecule has 4 unspecified atom stereocenters. The van der Waals surface area contributed by atoms with Gasteiger partial charge in [0.2, 0.25) is 0 Å². The van der Waals surface area contributed by atoms with Crippen molar-refractivity contribution >= 4 is 5.84 Å². The SMILES string of the molecule is CCN1C(C(F)F)=NC2CN(C3CO[C@H](c4cc(F)ccc4F)C(N)C3)CC21. The quantitative estimate of drug-likeness (QED) is 0.788. The highest BCUT2D eigenvalue weighted by Gasteiger charge is 2.47. The average Bonchev–Trinajstić information content (AvgIpc) is 3.21. The van der Waals surface area contributed by atoms with E-state index in [2.05, 4.69) is 9.89 Å². The Kier molecular flexibility index (Phi) is 5.32. The van der Waals surface area contributed by atoms with E-state index in [1.165, 1.54) is 0 Å². The highest BCUT2D eigenvalue weighted by molar-refractivity contribution is 5.87. The number of aliphatic imine (C=N–C) groups is 1. The molecular weight excluding hydrogens is 376 g/mol. The number of likely N-dealkylation sites (N-methyl/N-ethyl adjacent to an activating group) is 1. The number of hydrogen-bond donors (Lipinski definition) is 1. The van der Waals surface area contributed by atoms with Crippen molar-refractivity contribution in [1.82, 2.24) is 9.80 Å². The maximum atomic E-state index is 14.1. The number of rotatable bonds is 4. The van der Waals surface area contributed by atoms with Crippen LogP contribution in [-0.2, 0) is 4.74 Å². The van der Waals surface area contributed by atoms with Crippen LogP contribution < -0.4 is 5.73 Å². The Morgan fingerprint density at radius 2 is 2.07 bits per heavy atom. The van der Waals surface area contributed by atoms with Gasteiger partial charge in [-0.25, -0.2) is 17.6 Å². The van der Waals surface area contributed by atoms with Crippen LogP contribution in [0.15, 0.2) is 23.2 Å². The highest BCUT2D eigenvalue weighted by Crippen LogP contribution is 2.34. The first-order valence-corrected chi connectivity index (χ1v) is 9.57. The lowest BCUT2D eigenvalue weighted by Gasteiger charge is -2.39. The standard InChI is InChI=1S/C19H24F4N4O/c1-2-27-16-8-26(7-15(16)25-19(27)18(22)23)11-6-14(24)17(28-9-11)12-5-10(20)3-4-13(12)21/h3-5,11,14-18H,2,6-9,24H2,1H3/t11?,14?,15?,16?,17-/m1/s1. The number of halogens is 4. The van der Waals surface area contributed by atoms with E-state index in [4.69, 9.17) is 10.5 Å². The van der Waals surface area contributed by atoms with Gasteiger partial charge in [0.25, 0.3) is 6.43 Å². The van der Waals surface area contributed by atoms with Gasteiger partial charge in [0, 0.05) is 37.3 Å². The third-order valence-electron chi connectivity index (χ3n) is 6.00. The van der Waals surface area contributed by atoms with Gasteiger partial charge in [-0.2, -0.15) is 0 Å². The molecule has 0 bridgehead atoms. The lowest BCUT2D eigenvalue weighted by Crippen LogP contribution is -2.50. The second-order valence-electron chi connectivity index (χ2n) is 7.64. The summed E-state index contributed by atoms with van der Waals surface area (Å²) in [6.45, 7) is 3.83. The number of alkyl halides is 2. The molecular formula is C19H24F4N4O. The first kappa shape index (κ1) is 19.6. The fourth-order valence-corrected chi connectivity index (χ4v) is 4.67. The number of hydrogen-bond acceptors (Lipinski definition) is 5. The van der Waals surface area contributed by atoms with Crippen molar-refractivity contribution in [3.63, 3.8) is 0 Å². The van der Waals surface area contributed by atoms with Crippen molar-refractivity contribution in [2.24, 2.45) is 10.7 Å². The van der Waals surface area contributed by atoms with Gasteiger partial charge < -0.3 is 15.4 Å². The number of nitrogens with two attached hydrogens (primary N) is 1. The van der Waals surface area contributed by atoms with Gasteiger partial charge in [-0.15, -0.1) is 0 Å².